The van der Waals surface area contributed by atoms with Crippen molar-refractivity contribution in [1.29, 1.82) is 0 Å². The van der Waals surface area contributed by atoms with Crippen molar-refractivity contribution in [1.82, 2.24) is 0 Å². The molecule has 0 aromatic heterocycles. The fraction of sp³-hybridized carbons (Fsp3) is 0.720. The Labute approximate surface area is 191 Å². The predicted molar refractivity (Wildman–Crippen MR) is 120 cm³/mol. The molecule has 8 atom stereocenters. The van der Waals surface area contributed by atoms with E-state index in [1.54, 1.807) is 13.8 Å². The number of carbonyl (C=O) groups is 3. The van der Waals surface area contributed by atoms with E-state index in [9.17, 15) is 19.5 Å². The lowest BCUT2D eigenvalue weighted by atomic mass is 9.86. The molecule has 0 aliphatic carbocycles. The van der Waals surface area contributed by atoms with Crippen LogP contribution in [-0.2, 0) is 28.6 Å². The summed E-state index contributed by atoms with van der Waals surface area (Å²) in [5, 5.41) is 10.7. The number of aliphatic hydroxyl groups excluding tert-OH is 1. The average Bonchev–Trinajstić information content (AvgIpc) is 2.75. The largest absolute Gasteiger partial charge is 0.455 e. The van der Waals surface area contributed by atoms with Crippen LogP contribution in [0.2, 0.25) is 0 Å². The maximum Gasteiger partial charge on any atom is 0.351 e. The van der Waals surface area contributed by atoms with E-state index in [-0.39, 0.29) is 24.0 Å². The Kier molecular flexibility index (Phi) is 9.64. The summed E-state index contributed by atoms with van der Waals surface area (Å²) in [6.45, 7) is 9.43. The topological polar surface area (TPSA) is 99.1 Å². The van der Waals surface area contributed by atoms with Gasteiger partial charge in [-0.25, -0.2) is 4.79 Å². The van der Waals surface area contributed by atoms with Gasteiger partial charge in [-0.05, 0) is 37.2 Å². The minimum Gasteiger partial charge on any atom is -0.455 e. The SMILES string of the molecule is COC1CC(=O)OC2C(=O)OC(/C(C)=C\C(C)C(=O)C1C)C(C)CCCC(C)/C=C\C2O. The monoisotopic (exact) mass is 450 g/mol. The van der Waals surface area contributed by atoms with Crippen LogP contribution in [0.25, 0.3) is 0 Å². The Morgan fingerprint density at radius 1 is 1.00 bits per heavy atom. The summed E-state index contributed by atoms with van der Waals surface area (Å²) >= 11 is 0. The molecule has 32 heavy (non-hydrogen) atoms. The maximum atomic E-state index is 13.1. The molecule has 0 saturated heterocycles. The van der Waals surface area contributed by atoms with Gasteiger partial charge >= 0.3 is 11.9 Å². The van der Waals surface area contributed by atoms with Crippen molar-refractivity contribution in [3.8, 4) is 0 Å². The van der Waals surface area contributed by atoms with Crippen molar-refractivity contribution in [2.24, 2.45) is 23.7 Å². The molecule has 2 rings (SSSR count). The van der Waals surface area contributed by atoms with Gasteiger partial charge in [-0.2, -0.15) is 0 Å². The lowest BCUT2D eigenvalue weighted by molar-refractivity contribution is -0.179. The second kappa shape index (κ2) is 11.8. The van der Waals surface area contributed by atoms with Gasteiger partial charge in [-0.1, -0.05) is 52.3 Å². The number of hydrogen-bond donors (Lipinski definition) is 1. The van der Waals surface area contributed by atoms with Gasteiger partial charge in [-0.3, -0.25) is 9.59 Å². The second-order valence-electron chi connectivity index (χ2n) is 9.40. The van der Waals surface area contributed by atoms with Crippen molar-refractivity contribution in [2.45, 2.75) is 84.7 Å². The molecule has 7 heteroatoms. The van der Waals surface area contributed by atoms with Crippen molar-refractivity contribution in [3.63, 3.8) is 0 Å². The first-order valence-corrected chi connectivity index (χ1v) is 11.6. The van der Waals surface area contributed by atoms with Crippen LogP contribution in [0.3, 0.4) is 0 Å². The molecular formula is C25H38O7. The van der Waals surface area contributed by atoms with Crippen LogP contribution in [-0.4, -0.2) is 54.4 Å². The van der Waals surface area contributed by atoms with Crippen LogP contribution < -0.4 is 0 Å². The first kappa shape index (κ1) is 26.3. The summed E-state index contributed by atoms with van der Waals surface area (Å²) in [6, 6.07) is 0. The van der Waals surface area contributed by atoms with Crippen LogP contribution in [0.4, 0.5) is 0 Å². The summed E-state index contributed by atoms with van der Waals surface area (Å²) in [7, 11) is 1.43. The maximum absolute atomic E-state index is 13.1. The van der Waals surface area contributed by atoms with E-state index in [2.05, 4.69) is 0 Å². The van der Waals surface area contributed by atoms with E-state index >= 15 is 0 Å². The molecule has 0 aromatic carbocycles. The zero-order valence-corrected chi connectivity index (χ0v) is 20.1. The van der Waals surface area contributed by atoms with Gasteiger partial charge in [0.1, 0.15) is 18.0 Å². The van der Waals surface area contributed by atoms with E-state index < -0.39 is 48.2 Å². The summed E-state index contributed by atoms with van der Waals surface area (Å²) in [5.41, 5.74) is 0.771. The first-order chi connectivity index (χ1) is 15.0. The summed E-state index contributed by atoms with van der Waals surface area (Å²) in [6.07, 6.45) is 3.52. The predicted octanol–water partition coefficient (Wildman–Crippen LogP) is 3.39. The number of fused-ring (bicyclic) bond motifs is 3. The van der Waals surface area contributed by atoms with E-state index in [0.29, 0.717) is 0 Å². The second-order valence-corrected chi connectivity index (χ2v) is 9.40. The van der Waals surface area contributed by atoms with Crippen molar-refractivity contribution < 1.29 is 33.7 Å². The fourth-order valence-electron chi connectivity index (χ4n) is 4.51. The molecule has 2 bridgehead atoms. The Hall–Kier alpha value is -1.99. The quantitative estimate of drug-likeness (QED) is 0.483. The molecule has 0 amide bonds. The van der Waals surface area contributed by atoms with Gasteiger partial charge in [0.15, 0.2) is 0 Å². The summed E-state index contributed by atoms with van der Waals surface area (Å²) in [4.78, 5) is 38.8. The molecule has 7 nitrogen and oxygen atoms in total. The summed E-state index contributed by atoms with van der Waals surface area (Å²) in [5.74, 6) is -2.37. The van der Waals surface area contributed by atoms with Crippen LogP contribution >= 0.6 is 0 Å². The van der Waals surface area contributed by atoms with Crippen LogP contribution in [0.5, 0.6) is 0 Å². The molecule has 0 radical (unpaired) electrons. The Bertz CT molecular complexity index is 741. The van der Waals surface area contributed by atoms with Gasteiger partial charge in [0.2, 0.25) is 6.10 Å². The van der Waals surface area contributed by atoms with Crippen LogP contribution in [0.1, 0.15) is 60.3 Å². The van der Waals surface area contributed by atoms with E-state index in [0.717, 1.165) is 24.8 Å². The number of Topliss-reactive ketones (excluding diaryl/α,β-unsaturated/α-hetero) is 1. The molecule has 2 aliphatic rings. The molecule has 0 fully saturated rings. The fourth-order valence-corrected chi connectivity index (χ4v) is 4.51. The van der Waals surface area contributed by atoms with E-state index in [1.807, 2.05) is 32.9 Å². The van der Waals surface area contributed by atoms with Crippen molar-refractivity contribution in [3.05, 3.63) is 23.8 Å². The minimum absolute atomic E-state index is 0.00382. The van der Waals surface area contributed by atoms with E-state index in [1.165, 1.54) is 13.2 Å². The van der Waals surface area contributed by atoms with Crippen LogP contribution in [0, 0.1) is 23.7 Å². The average molecular weight is 451 g/mol. The van der Waals surface area contributed by atoms with Crippen molar-refractivity contribution >= 4 is 17.7 Å². The standard InChI is InChI=1S/C25H38O7/c1-14-8-7-9-15(2)23-17(4)12-16(3)22(28)18(5)20(30-6)13-21(27)31-24(25(29)32-23)19(26)11-10-14/h10-12,14-16,18-20,23-24,26H,7-9,13H2,1-6H3/b11-10-,17-12-. The highest BCUT2D eigenvalue weighted by atomic mass is 16.6. The van der Waals surface area contributed by atoms with Crippen molar-refractivity contribution in [2.75, 3.05) is 7.11 Å². The number of allylic oxidation sites excluding steroid dienone is 2. The Morgan fingerprint density at radius 3 is 2.34 bits per heavy atom. The first-order valence-electron chi connectivity index (χ1n) is 11.6. The van der Waals surface area contributed by atoms with Gasteiger partial charge < -0.3 is 19.3 Å². The Morgan fingerprint density at radius 2 is 1.69 bits per heavy atom. The highest BCUT2D eigenvalue weighted by Crippen LogP contribution is 2.28. The molecule has 1 N–H and O–H groups in total. The molecule has 2 aliphatic heterocycles. The molecule has 8 unspecified atom stereocenters. The van der Waals surface area contributed by atoms with E-state index in [4.69, 9.17) is 14.2 Å². The number of esters is 2. The molecule has 0 spiro atoms. The molecule has 0 aromatic rings. The minimum atomic E-state index is -1.49. The van der Waals surface area contributed by atoms with Gasteiger partial charge in [0.25, 0.3) is 0 Å². The molecular weight excluding hydrogens is 412 g/mol. The van der Waals surface area contributed by atoms with Gasteiger partial charge in [0.05, 0.1) is 12.5 Å². The number of methoxy groups -OCH3 is 1. The molecule has 180 valence electrons. The molecule has 0 saturated carbocycles. The smallest absolute Gasteiger partial charge is 0.351 e. The highest BCUT2D eigenvalue weighted by Gasteiger charge is 2.37. The lowest BCUT2D eigenvalue weighted by Gasteiger charge is -2.29. The van der Waals surface area contributed by atoms with Crippen LogP contribution in [0.15, 0.2) is 23.8 Å². The van der Waals surface area contributed by atoms with Gasteiger partial charge in [0, 0.05) is 18.9 Å². The third-order valence-electron chi connectivity index (χ3n) is 6.60. The molecule has 2 heterocycles. The van der Waals surface area contributed by atoms with Gasteiger partial charge in [-0.15, -0.1) is 0 Å². The number of carbonyl (C=O) groups excluding carboxylic acids is 3. The third kappa shape index (κ3) is 6.75. The zero-order chi connectivity index (χ0) is 24.0. The third-order valence-corrected chi connectivity index (χ3v) is 6.60. The number of ketones is 1. The lowest BCUT2D eigenvalue weighted by Crippen LogP contribution is -2.42. The normalized spacial score (nSPS) is 40.8. The highest BCUT2D eigenvalue weighted by molar-refractivity contribution is 5.86. The number of ether oxygens (including phenoxy) is 3. The summed E-state index contributed by atoms with van der Waals surface area (Å²) < 4.78 is 16.6. The zero-order valence-electron chi connectivity index (χ0n) is 20.1. The Balaban J connectivity index is 2.54. The number of aliphatic hydroxyl groups is 1. The number of rotatable bonds is 1. The number of hydrogen-bond acceptors (Lipinski definition) is 7.